The molecule has 37 heavy (non-hydrogen) atoms. The SMILES string of the molecule is COc1cc(/C=C2\C(=O)NC(=O)N(c3ccc(C)c(Cl)c3)C2=O)cc(I)c1OCc1cc(C)cc(C)c1. The normalized spacial score (nSPS) is 14.7. The van der Waals surface area contributed by atoms with E-state index in [1.54, 1.807) is 24.3 Å². The zero-order valence-electron chi connectivity index (χ0n) is 20.6. The number of hydrogen-bond donors (Lipinski definition) is 1. The number of halogens is 2. The van der Waals surface area contributed by atoms with Crippen LogP contribution in [0.15, 0.2) is 54.1 Å². The molecule has 0 bridgehead atoms. The van der Waals surface area contributed by atoms with Crippen molar-refractivity contribution in [3.8, 4) is 11.5 Å². The third-order valence-corrected chi connectivity index (χ3v) is 6.95. The molecule has 3 aromatic rings. The average Bonchev–Trinajstić information content (AvgIpc) is 2.82. The monoisotopic (exact) mass is 630 g/mol. The highest BCUT2D eigenvalue weighted by Crippen LogP contribution is 2.36. The molecule has 0 saturated carbocycles. The average molecular weight is 631 g/mol. The van der Waals surface area contributed by atoms with E-state index in [4.69, 9.17) is 21.1 Å². The molecule has 0 aliphatic carbocycles. The number of hydrogen-bond acceptors (Lipinski definition) is 5. The molecule has 9 heteroatoms. The Morgan fingerprint density at radius 3 is 2.35 bits per heavy atom. The number of carbonyl (C=O) groups excluding carboxylic acids is 3. The van der Waals surface area contributed by atoms with Crippen molar-refractivity contribution >= 4 is 63.8 Å². The summed E-state index contributed by atoms with van der Waals surface area (Å²) in [5.41, 5.74) is 4.73. The summed E-state index contributed by atoms with van der Waals surface area (Å²) in [6.07, 6.45) is 1.42. The van der Waals surface area contributed by atoms with E-state index in [9.17, 15) is 14.4 Å². The van der Waals surface area contributed by atoms with Crippen LogP contribution in [0.3, 0.4) is 0 Å². The third kappa shape index (κ3) is 5.80. The smallest absolute Gasteiger partial charge is 0.335 e. The predicted octanol–water partition coefficient (Wildman–Crippen LogP) is 6.12. The van der Waals surface area contributed by atoms with E-state index in [2.05, 4.69) is 46.1 Å². The molecule has 1 aliphatic rings. The number of nitrogens with zero attached hydrogens (tertiary/aromatic N) is 1. The molecule has 0 radical (unpaired) electrons. The van der Waals surface area contributed by atoms with Gasteiger partial charge in [-0.05, 0) is 90.4 Å². The highest BCUT2D eigenvalue weighted by Gasteiger charge is 2.37. The van der Waals surface area contributed by atoms with E-state index in [0.29, 0.717) is 28.7 Å². The van der Waals surface area contributed by atoms with Crippen molar-refractivity contribution in [2.24, 2.45) is 0 Å². The molecule has 1 saturated heterocycles. The number of aryl methyl sites for hydroxylation is 3. The number of anilines is 1. The lowest BCUT2D eigenvalue weighted by Gasteiger charge is -2.26. The molecule has 1 fully saturated rings. The van der Waals surface area contributed by atoms with Crippen LogP contribution in [0.1, 0.15) is 27.8 Å². The molecule has 1 N–H and O–H groups in total. The lowest BCUT2D eigenvalue weighted by molar-refractivity contribution is -0.122. The summed E-state index contributed by atoms with van der Waals surface area (Å²) in [7, 11) is 1.52. The molecule has 0 spiro atoms. The van der Waals surface area contributed by atoms with Crippen LogP contribution in [0.25, 0.3) is 6.08 Å². The Labute approximate surface area is 233 Å². The number of imide groups is 2. The van der Waals surface area contributed by atoms with Crippen LogP contribution in [0.4, 0.5) is 10.5 Å². The van der Waals surface area contributed by atoms with Crippen molar-refractivity contribution in [1.29, 1.82) is 0 Å². The van der Waals surface area contributed by atoms with Crippen molar-refractivity contribution in [3.05, 3.63) is 90.5 Å². The van der Waals surface area contributed by atoms with Gasteiger partial charge in [-0.3, -0.25) is 14.9 Å². The van der Waals surface area contributed by atoms with E-state index in [0.717, 1.165) is 30.7 Å². The van der Waals surface area contributed by atoms with Crippen molar-refractivity contribution in [2.45, 2.75) is 27.4 Å². The molecular formula is C28H24ClIN2O5. The molecule has 0 atom stereocenters. The molecule has 3 aromatic carbocycles. The van der Waals surface area contributed by atoms with Gasteiger partial charge in [0.15, 0.2) is 11.5 Å². The number of benzene rings is 3. The topological polar surface area (TPSA) is 84.9 Å². The second kappa shape index (κ2) is 10.9. The van der Waals surface area contributed by atoms with Gasteiger partial charge in [-0.1, -0.05) is 47.0 Å². The maximum atomic E-state index is 13.2. The summed E-state index contributed by atoms with van der Waals surface area (Å²) in [6.45, 7) is 6.23. The number of urea groups is 1. The first-order chi connectivity index (χ1) is 17.6. The molecule has 4 amide bonds. The quantitative estimate of drug-likeness (QED) is 0.202. The molecule has 0 aromatic heterocycles. The molecule has 1 heterocycles. The largest absolute Gasteiger partial charge is 0.493 e. The Morgan fingerprint density at radius 2 is 1.70 bits per heavy atom. The zero-order chi connectivity index (χ0) is 26.9. The Balaban J connectivity index is 1.65. The lowest BCUT2D eigenvalue weighted by Crippen LogP contribution is -2.54. The molecule has 4 rings (SSSR count). The number of rotatable bonds is 6. The summed E-state index contributed by atoms with van der Waals surface area (Å²) in [4.78, 5) is 39.2. The summed E-state index contributed by atoms with van der Waals surface area (Å²) in [5.74, 6) is -0.536. The minimum atomic E-state index is -0.839. The van der Waals surface area contributed by atoms with Crippen LogP contribution < -0.4 is 19.7 Å². The van der Waals surface area contributed by atoms with Crippen LogP contribution in [-0.4, -0.2) is 25.0 Å². The second-order valence-corrected chi connectivity index (χ2v) is 10.3. The van der Waals surface area contributed by atoms with Gasteiger partial charge in [0.1, 0.15) is 12.2 Å². The van der Waals surface area contributed by atoms with Gasteiger partial charge in [-0.15, -0.1) is 0 Å². The summed E-state index contributed by atoms with van der Waals surface area (Å²) >= 11 is 8.31. The van der Waals surface area contributed by atoms with Crippen LogP contribution in [-0.2, 0) is 16.2 Å². The van der Waals surface area contributed by atoms with Gasteiger partial charge >= 0.3 is 6.03 Å². The molecule has 0 unspecified atom stereocenters. The van der Waals surface area contributed by atoms with Gasteiger partial charge in [-0.25, -0.2) is 9.69 Å². The fourth-order valence-corrected chi connectivity index (χ4v) is 5.01. The second-order valence-electron chi connectivity index (χ2n) is 8.71. The van der Waals surface area contributed by atoms with E-state index in [-0.39, 0.29) is 11.3 Å². The summed E-state index contributed by atoms with van der Waals surface area (Å²) < 4.78 is 12.4. The highest BCUT2D eigenvalue weighted by molar-refractivity contribution is 14.1. The van der Waals surface area contributed by atoms with Crippen LogP contribution in [0.5, 0.6) is 11.5 Å². The van der Waals surface area contributed by atoms with Crippen LogP contribution in [0.2, 0.25) is 5.02 Å². The van der Waals surface area contributed by atoms with Crippen LogP contribution in [0, 0.1) is 24.3 Å². The minimum Gasteiger partial charge on any atom is -0.493 e. The maximum absolute atomic E-state index is 13.2. The van der Waals surface area contributed by atoms with Crippen molar-refractivity contribution in [2.75, 3.05) is 12.0 Å². The Bertz CT molecular complexity index is 1450. The Kier molecular flexibility index (Phi) is 7.89. The van der Waals surface area contributed by atoms with Gasteiger partial charge in [0.2, 0.25) is 0 Å². The Hall–Kier alpha value is -3.37. The van der Waals surface area contributed by atoms with E-state index in [1.807, 2.05) is 20.8 Å². The summed E-state index contributed by atoms with van der Waals surface area (Å²) in [5, 5.41) is 2.62. The van der Waals surface area contributed by atoms with Gasteiger partial charge in [-0.2, -0.15) is 0 Å². The first-order valence-electron chi connectivity index (χ1n) is 11.3. The minimum absolute atomic E-state index is 0.196. The molecular weight excluding hydrogens is 607 g/mol. The Morgan fingerprint density at radius 1 is 1.00 bits per heavy atom. The molecule has 7 nitrogen and oxygen atoms in total. The van der Waals surface area contributed by atoms with Crippen molar-refractivity contribution < 1.29 is 23.9 Å². The highest BCUT2D eigenvalue weighted by atomic mass is 127. The fraction of sp³-hybridized carbons (Fsp3) is 0.179. The number of amides is 4. The van der Waals surface area contributed by atoms with Crippen molar-refractivity contribution in [1.82, 2.24) is 5.32 Å². The maximum Gasteiger partial charge on any atom is 0.335 e. The number of ether oxygens (including phenoxy) is 2. The molecule has 190 valence electrons. The van der Waals surface area contributed by atoms with Crippen molar-refractivity contribution in [3.63, 3.8) is 0 Å². The number of carbonyl (C=O) groups is 3. The van der Waals surface area contributed by atoms with Gasteiger partial charge in [0.05, 0.1) is 16.4 Å². The van der Waals surface area contributed by atoms with Gasteiger partial charge in [0.25, 0.3) is 11.8 Å². The fourth-order valence-electron chi connectivity index (χ4n) is 4.05. The molecule has 1 aliphatic heterocycles. The first kappa shape index (κ1) is 26.7. The van der Waals surface area contributed by atoms with Gasteiger partial charge in [0, 0.05) is 5.02 Å². The van der Waals surface area contributed by atoms with Crippen LogP contribution >= 0.6 is 34.2 Å². The number of nitrogens with one attached hydrogen (secondary N) is 1. The number of barbiturate groups is 1. The number of methoxy groups -OCH3 is 1. The third-order valence-electron chi connectivity index (χ3n) is 5.74. The van der Waals surface area contributed by atoms with E-state index in [1.165, 1.54) is 19.3 Å². The predicted molar refractivity (Wildman–Crippen MR) is 151 cm³/mol. The standard InChI is InChI=1S/C28H24ClIN2O5/c1-15-7-16(2)9-19(8-15)14-37-25-23(30)11-18(12-24(25)36-4)10-21-26(33)31-28(35)32(27(21)34)20-6-5-17(3)22(29)13-20/h5-13H,14H2,1-4H3,(H,31,33,35)/b21-10+. The summed E-state index contributed by atoms with van der Waals surface area (Å²) in [6, 6.07) is 13.6. The van der Waals surface area contributed by atoms with Gasteiger partial charge < -0.3 is 9.47 Å². The lowest BCUT2D eigenvalue weighted by atomic mass is 10.1. The van der Waals surface area contributed by atoms with E-state index < -0.39 is 17.8 Å². The van der Waals surface area contributed by atoms with E-state index >= 15 is 0 Å². The zero-order valence-corrected chi connectivity index (χ0v) is 23.6. The first-order valence-corrected chi connectivity index (χ1v) is 12.8.